The van der Waals surface area contributed by atoms with E-state index in [0.717, 1.165) is 12.8 Å². The first-order chi connectivity index (χ1) is 4.70. The highest BCUT2D eigenvalue weighted by atomic mass is 16.3. The maximum atomic E-state index is 9.24. The largest absolute Gasteiger partial charge is 0.389 e. The highest BCUT2D eigenvalue weighted by Crippen LogP contribution is 2.25. The molecule has 1 heteroatoms. The summed E-state index contributed by atoms with van der Waals surface area (Å²) >= 11 is 0. The molecule has 1 N–H and O–H groups in total. The minimum absolute atomic E-state index is 0.179. The Balaban J connectivity index is 2.44. The van der Waals surface area contributed by atoms with E-state index in [-0.39, 0.29) is 6.10 Å². The van der Waals surface area contributed by atoms with Crippen LogP contribution in [-0.4, -0.2) is 11.2 Å². The standard InChI is InChI=1S/C9H16O/c1-7(2)8-4-3-5-9(10)6-8/h3,5,7-10H,4,6H2,1-2H3. The Hall–Kier alpha value is -0.300. The second kappa shape index (κ2) is 3.20. The van der Waals surface area contributed by atoms with E-state index < -0.39 is 0 Å². The Morgan fingerprint density at radius 1 is 1.50 bits per heavy atom. The summed E-state index contributed by atoms with van der Waals surface area (Å²) in [5.41, 5.74) is 0. The van der Waals surface area contributed by atoms with E-state index >= 15 is 0 Å². The first-order valence-corrected chi connectivity index (χ1v) is 4.05. The quantitative estimate of drug-likeness (QED) is 0.552. The van der Waals surface area contributed by atoms with Gasteiger partial charge in [0.1, 0.15) is 0 Å². The Morgan fingerprint density at radius 3 is 2.60 bits per heavy atom. The van der Waals surface area contributed by atoms with Crippen molar-refractivity contribution in [1.29, 1.82) is 0 Å². The summed E-state index contributed by atoms with van der Waals surface area (Å²) in [7, 11) is 0. The Labute approximate surface area is 62.8 Å². The fourth-order valence-corrected chi connectivity index (χ4v) is 1.44. The van der Waals surface area contributed by atoms with Crippen molar-refractivity contribution in [3.63, 3.8) is 0 Å². The summed E-state index contributed by atoms with van der Waals surface area (Å²) in [5.74, 6) is 1.40. The van der Waals surface area contributed by atoms with Crippen LogP contribution in [-0.2, 0) is 0 Å². The molecule has 0 aromatic carbocycles. The molecule has 0 aliphatic heterocycles. The van der Waals surface area contributed by atoms with Gasteiger partial charge in [-0.15, -0.1) is 0 Å². The van der Waals surface area contributed by atoms with Gasteiger partial charge in [0.2, 0.25) is 0 Å². The lowest BCUT2D eigenvalue weighted by Crippen LogP contribution is -2.19. The maximum absolute atomic E-state index is 9.24. The molecule has 10 heavy (non-hydrogen) atoms. The fraction of sp³-hybridized carbons (Fsp3) is 0.778. The van der Waals surface area contributed by atoms with Crippen LogP contribution in [0, 0.1) is 11.8 Å². The van der Waals surface area contributed by atoms with Gasteiger partial charge < -0.3 is 5.11 Å². The van der Waals surface area contributed by atoms with Crippen LogP contribution in [0.15, 0.2) is 12.2 Å². The van der Waals surface area contributed by atoms with E-state index in [1.165, 1.54) is 0 Å². The van der Waals surface area contributed by atoms with Crippen molar-refractivity contribution in [2.24, 2.45) is 11.8 Å². The number of aliphatic hydroxyl groups excluding tert-OH is 1. The molecule has 1 aliphatic rings. The average molecular weight is 140 g/mol. The molecule has 1 aliphatic carbocycles. The third kappa shape index (κ3) is 1.84. The molecule has 2 atom stereocenters. The molecule has 0 radical (unpaired) electrons. The third-order valence-electron chi connectivity index (χ3n) is 2.28. The molecule has 1 rings (SSSR count). The molecule has 0 saturated heterocycles. The molecule has 58 valence electrons. The molecule has 1 nitrogen and oxygen atoms in total. The van der Waals surface area contributed by atoms with Crippen molar-refractivity contribution in [2.75, 3.05) is 0 Å². The first-order valence-electron chi connectivity index (χ1n) is 4.05. The van der Waals surface area contributed by atoms with Crippen molar-refractivity contribution >= 4 is 0 Å². The van der Waals surface area contributed by atoms with Crippen LogP contribution in [0.4, 0.5) is 0 Å². The third-order valence-corrected chi connectivity index (χ3v) is 2.28. The van der Waals surface area contributed by atoms with Gasteiger partial charge in [0, 0.05) is 0 Å². The lowest BCUT2D eigenvalue weighted by molar-refractivity contribution is 0.161. The second-order valence-corrected chi connectivity index (χ2v) is 3.47. The van der Waals surface area contributed by atoms with E-state index in [1.807, 2.05) is 6.08 Å². The zero-order chi connectivity index (χ0) is 7.56. The topological polar surface area (TPSA) is 20.2 Å². The Morgan fingerprint density at radius 2 is 2.20 bits per heavy atom. The van der Waals surface area contributed by atoms with Crippen LogP contribution < -0.4 is 0 Å². The zero-order valence-corrected chi connectivity index (χ0v) is 6.75. The highest BCUT2D eigenvalue weighted by Gasteiger charge is 2.18. The van der Waals surface area contributed by atoms with Gasteiger partial charge in [0.25, 0.3) is 0 Å². The lowest BCUT2D eigenvalue weighted by atomic mass is 9.84. The maximum Gasteiger partial charge on any atom is 0.0723 e. The molecule has 2 unspecified atom stereocenters. The van der Waals surface area contributed by atoms with Crippen molar-refractivity contribution in [2.45, 2.75) is 32.8 Å². The van der Waals surface area contributed by atoms with E-state index in [2.05, 4.69) is 19.9 Å². The normalized spacial score (nSPS) is 33.2. The van der Waals surface area contributed by atoms with Gasteiger partial charge in [-0.25, -0.2) is 0 Å². The van der Waals surface area contributed by atoms with Gasteiger partial charge in [0.05, 0.1) is 6.10 Å². The molecule has 0 saturated carbocycles. The van der Waals surface area contributed by atoms with Crippen LogP contribution in [0.25, 0.3) is 0 Å². The number of allylic oxidation sites excluding steroid dienone is 1. The fourth-order valence-electron chi connectivity index (χ4n) is 1.44. The monoisotopic (exact) mass is 140 g/mol. The molecular weight excluding hydrogens is 124 g/mol. The van der Waals surface area contributed by atoms with Gasteiger partial charge in [-0.1, -0.05) is 26.0 Å². The van der Waals surface area contributed by atoms with Gasteiger partial charge in [-0.2, -0.15) is 0 Å². The number of rotatable bonds is 1. The van der Waals surface area contributed by atoms with Gasteiger partial charge in [-0.05, 0) is 24.7 Å². The molecule has 0 heterocycles. The molecule has 0 bridgehead atoms. The molecule has 0 fully saturated rings. The van der Waals surface area contributed by atoms with E-state index in [4.69, 9.17) is 0 Å². The summed E-state index contributed by atoms with van der Waals surface area (Å²) in [4.78, 5) is 0. The number of hydrogen-bond donors (Lipinski definition) is 1. The summed E-state index contributed by atoms with van der Waals surface area (Å²) in [6.07, 6.45) is 5.92. The lowest BCUT2D eigenvalue weighted by Gasteiger charge is -2.24. The van der Waals surface area contributed by atoms with Gasteiger partial charge in [-0.3, -0.25) is 0 Å². The van der Waals surface area contributed by atoms with Crippen LogP contribution in [0.1, 0.15) is 26.7 Å². The summed E-state index contributed by atoms with van der Waals surface area (Å²) in [5, 5.41) is 9.24. The number of aliphatic hydroxyl groups is 1. The zero-order valence-electron chi connectivity index (χ0n) is 6.75. The first kappa shape index (κ1) is 7.80. The predicted molar refractivity (Wildman–Crippen MR) is 42.7 cm³/mol. The highest BCUT2D eigenvalue weighted by molar-refractivity contribution is 4.96. The average Bonchev–Trinajstić information content (AvgIpc) is 1.88. The van der Waals surface area contributed by atoms with Crippen LogP contribution in [0.5, 0.6) is 0 Å². The van der Waals surface area contributed by atoms with Crippen LogP contribution >= 0.6 is 0 Å². The van der Waals surface area contributed by atoms with E-state index in [1.54, 1.807) is 0 Å². The minimum atomic E-state index is -0.179. The Bertz CT molecular complexity index is 127. The van der Waals surface area contributed by atoms with Crippen LogP contribution in [0.2, 0.25) is 0 Å². The minimum Gasteiger partial charge on any atom is -0.389 e. The summed E-state index contributed by atoms with van der Waals surface area (Å²) in [6, 6.07) is 0. The summed E-state index contributed by atoms with van der Waals surface area (Å²) < 4.78 is 0. The molecule has 0 aromatic rings. The Kier molecular flexibility index (Phi) is 2.50. The van der Waals surface area contributed by atoms with Gasteiger partial charge in [0.15, 0.2) is 0 Å². The summed E-state index contributed by atoms with van der Waals surface area (Å²) in [6.45, 7) is 4.44. The van der Waals surface area contributed by atoms with Crippen molar-refractivity contribution < 1.29 is 5.11 Å². The second-order valence-electron chi connectivity index (χ2n) is 3.47. The van der Waals surface area contributed by atoms with Crippen molar-refractivity contribution in [1.82, 2.24) is 0 Å². The van der Waals surface area contributed by atoms with Crippen molar-refractivity contribution in [3.8, 4) is 0 Å². The number of hydrogen-bond acceptors (Lipinski definition) is 1. The SMILES string of the molecule is CC(C)C1CC=CC(O)C1. The predicted octanol–water partition coefficient (Wildman–Crippen LogP) is 1.97. The van der Waals surface area contributed by atoms with Crippen LogP contribution in [0.3, 0.4) is 0 Å². The van der Waals surface area contributed by atoms with E-state index in [9.17, 15) is 5.11 Å². The smallest absolute Gasteiger partial charge is 0.0723 e. The van der Waals surface area contributed by atoms with E-state index in [0.29, 0.717) is 11.8 Å². The molecular formula is C9H16O. The molecule has 0 aromatic heterocycles. The molecule has 0 amide bonds. The molecule has 0 spiro atoms. The van der Waals surface area contributed by atoms with Crippen molar-refractivity contribution in [3.05, 3.63) is 12.2 Å². The van der Waals surface area contributed by atoms with Gasteiger partial charge >= 0.3 is 0 Å².